The summed E-state index contributed by atoms with van der Waals surface area (Å²) in [5.41, 5.74) is -1.73. The Labute approximate surface area is 193 Å². The standard InChI is InChI=1S/C23H23N3O8/c1-33-16-9-5-3-7-14(16)12-25-21(30)19(20(29)24-11-18(27)28)22(31)26(23(25)32)13-15-8-4-6-10-17(15)34-2/h3-10,30H,11-13H2,1-2H3,(H,24,29)(H,27,28). The van der Waals surface area contributed by atoms with Crippen molar-refractivity contribution in [3.8, 4) is 17.4 Å². The van der Waals surface area contributed by atoms with E-state index in [0.29, 0.717) is 22.6 Å². The summed E-state index contributed by atoms with van der Waals surface area (Å²) in [6.07, 6.45) is 0. The Morgan fingerprint density at radius 1 is 0.882 bits per heavy atom. The molecule has 0 aliphatic carbocycles. The molecular formula is C23H23N3O8. The summed E-state index contributed by atoms with van der Waals surface area (Å²) in [7, 11) is 2.87. The highest BCUT2D eigenvalue weighted by Crippen LogP contribution is 2.22. The Bertz CT molecular complexity index is 1340. The SMILES string of the molecule is COc1ccccc1Cn1c(O)c(C(=O)NCC(=O)O)c(=O)n(Cc2ccccc2OC)c1=O. The zero-order valence-electron chi connectivity index (χ0n) is 18.5. The lowest BCUT2D eigenvalue weighted by Crippen LogP contribution is -2.45. The van der Waals surface area contributed by atoms with Crippen LogP contribution in [0.5, 0.6) is 17.4 Å². The molecule has 0 saturated carbocycles. The lowest BCUT2D eigenvalue weighted by molar-refractivity contribution is -0.135. The predicted molar refractivity (Wildman–Crippen MR) is 121 cm³/mol. The fraction of sp³-hybridized carbons (Fsp3) is 0.217. The van der Waals surface area contributed by atoms with Crippen LogP contribution in [-0.2, 0) is 17.9 Å². The van der Waals surface area contributed by atoms with Gasteiger partial charge in [0.2, 0.25) is 5.88 Å². The third kappa shape index (κ3) is 4.93. The topological polar surface area (TPSA) is 149 Å². The van der Waals surface area contributed by atoms with Crippen LogP contribution in [0.2, 0.25) is 0 Å². The molecule has 0 radical (unpaired) electrons. The number of methoxy groups -OCH3 is 2. The molecule has 0 bridgehead atoms. The number of nitrogens with one attached hydrogen (secondary N) is 1. The van der Waals surface area contributed by atoms with Crippen LogP contribution in [0.15, 0.2) is 58.1 Å². The van der Waals surface area contributed by atoms with Crippen LogP contribution in [0.1, 0.15) is 21.5 Å². The summed E-state index contributed by atoms with van der Waals surface area (Å²) < 4.78 is 12.2. The fourth-order valence-electron chi connectivity index (χ4n) is 3.42. The Balaban J connectivity index is 2.21. The lowest BCUT2D eigenvalue weighted by Gasteiger charge is -2.17. The zero-order valence-corrected chi connectivity index (χ0v) is 18.5. The number of aromatic hydroxyl groups is 1. The normalized spacial score (nSPS) is 10.5. The number of carbonyl (C=O) groups excluding carboxylic acids is 1. The molecule has 34 heavy (non-hydrogen) atoms. The van der Waals surface area contributed by atoms with Gasteiger partial charge in [-0.05, 0) is 12.1 Å². The van der Waals surface area contributed by atoms with E-state index in [0.717, 1.165) is 9.13 Å². The van der Waals surface area contributed by atoms with Gasteiger partial charge in [0.05, 0.1) is 27.3 Å². The molecule has 3 N–H and O–H groups in total. The lowest BCUT2D eigenvalue weighted by atomic mass is 10.1. The number of rotatable bonds is 9. The number of hydrogen-bond donors (Lipinski definition) is 3. The summed E-state index contributed by atoms with van der Waals surface area (Å²) in [6.45, 7) is -1.26. The van der Waals surface area contributed by atoms with E-state index in [-0.39, 0.29) is 13.1 Å². The molecule has 11 nitrogen and oxygen atoms in total. The number of carboxylic acids is 1. The van der Waals surface area contributed by atoms with Gasteiger partial charge in [0, 0.05) is 11.1 Å². The van der Waals surface area contributed by atoms with Gasteiger partial charge >= 0.3 is 11.7 Å². The van der Waals surface area contributed by atoms with Crippen molar-refractivity contribution < 1.29 is 29.3 Å². The molecule has 1 aromatic heterocycles. The molecule has 0 saturated heterocycles. The zero-order chi connectivity index (χ0) is 24.8. The van der Waals surface area contributed by atoms with Crippen LogP contribution in [0.4, 0.5) is 0 Å². The number of nitrogens with zero attached hydrogens (tertiary/aromatic N) is 2. The number of carboxylic acid groups (broad SMARTS) is 1. The van der Waals surface area contributed by atoms with Gasteiger partial charge in [0.15, 0.2) is 5.56 Å². The van der Waals surface area contributed by atoms with E-state index in [1.165, 1.54) is 14.2 Å². The predicted octanol–water partition coefficient (Wildman–Crippen LogP) is 0.644. The molecule has 3 rings (SSSR count). The highest BCUT2D eigenvalue weighted by atomic mass is 16.5. The quantitative estimate of drug-likeness (QED) is 0.413. The molecule has 0 atom stereocenters. The first-order chi connectivity index (χ1) is 16.3. The van der Waals surface area contributed by atoms with Crippen LogP contribution in [0.3, 0.4) is 0 Å². The average molecular weight is 469 g/mol. The Morgan fingerprint density at radius 3 is 1.88 bits per heavy atom. The van der Waals surface area contributed by atoms with Crippen molar-refractivity contribution in [3.63, 3.8) is 0 Å². The third-order valence-corrected chi connectivity index (χ3v) is 5.07. The second-order valence-corrected chi connectivity index (χ2v) is 7.16. The van der Waals surface area contributed by atoms with Gasteiger partial charge in [0.1, 0.15) is 18.0 Å². The average Bonchev–Trinajstić information content (AvgIpc) is 2.83. The second-order valence-electron chi connectivity index (χ2n) is 7.16. The van der Waals surface area contributed by atoms with Crippen LogP contribution in [0, 0.1) is 0 Å². The van der Waals surface area contributed by atoms with Crippen molar-refractivity contribution in [2.24, 2.45) is 0 Å². The maximum absolute atomic E-state index is 13.3. The van der Waals surface area contributed by atoms with Gasteiger partial charge in [-0.15, -0.1) is 0 Å². The van der Waals surface area contributed by atoms with E-state index in [4.69, 9.17) is 14.6 Å². The highest BCUT2D eigenvalue weighted by molar-refractivity contribution is 5.97. The molecule has 2 aromatic carbocycles. The summed E-state index contributed by atoms with van der Waals surface area (Å²) in [5, 5.41) is 21.7. The summed E-state index contributed by atoms with van der Waals surface area (Å²) >= 11 is 0. The maximum Gasteiger partial charge on any atom is 0.334 e. The number of para-hydroxylation sites is 2. The van der Waals surface area contributed by atoms with Crippen molar-refractivity contribution in [2.45, 2.75) is 13.1 Å². The van der Waals surface area contributed by atoms with Crippen LogP contribution in [0.25, 0.3) is 0 Å². The maximum atomic E-state index is 13.3. The van der Waals surface area contributed by atoms with E-state index in [2.05, 4.69) is 5.32 Å². The Morgan fingerprint density at radius 2 is 1.38 bits per heavy atom. The number of aliphatic carboxylic acids is 1. The Hall–Kier alpha value is -4.54. The smallest absolute Gasteiger partial charge is 0.334 e. The van der Waals surface area contributed by atoms with Crippen molar-refractivity contribution in [2.75, 3.05) is 20.8 Å². The molecule has 178 valence electrons. The van der Waals surface area contributed by atoms with E-state index < -0.39 is 41.1 Å². The van der Waals surface area contributed by atoms with Crippen molar-refractivity contribution in [1.82, 2.24) is 14.5 Å². The minimum absolute atomic E-state index is 0.222. The van der Waals surface area contributed by atoms with Gasteiger partial charge in [-0.2, -0.15) is 0 Å². The number of hydrogen-bond acceptors (Lipinski definition) is 7. The summed E-state index contributed by atoms with van der Waals surface area (Å²) in [6, 6.07) is 13.4. The van der Waals surface area contributed by atoms with Crippen LogP contribution in [-0.4, -0.2) is 52.0 Å². The van der Waals surface area contributed by atoms with E-state index >= 15 is 0 Å². The summed E-state index contributed by atoms with van der Waals surface area (Å²) in [5.74, 6) is -2.53. The molecule has 0 aliphatic heterocycles. The van der Waals surface area contributed by atoms with E-state index in [9.17, 15) is 24.3 Å². The van der Waals surface area contributed by atoms with Gasteiger partial charge in [0.25, 0.3) is 11.5 Å². The number of aromatic nitrogens is 2. The second kappa shape index (κ2) is 10.4. The van der Waals surface area contributed by atoms with Crippen LogP contribution < -0.4 is 26.0 Å². The molecule has 0 unspecified atom stereocenters. The first-order valence-electron chi connectivity index (χ1n) is 10.1. The minimum atomic E-state index is -1.34. The highest BCUT2D eigenvalue weighted by Gasteiger charge is 2.25. The number of amides is 1. The van der Waals surface area contributed by atoms with Crippen molar-refractivity contribution >= 4 is 11.9 Å². The molecular weight excluding hydrogens is 446 g/mol. The summed E-state index contributed by atoms with van der Waals surface area (Å²) in [4.78, 5) is 50.0. The largest absolute Gasteiger partial charge is 0.496 e. The van der Waals surface area contributed by atoms with Crippen LogP contribution >= 0.6 is 0 Å². The molecule has 1 heterocycles. The van der Waals surface area contributed by atoms with Crippen molar-refractivity contribution in [3.05, 3.63) is 86.1 Å². The number of ether oxygens (including phenoxy) is 2. The van der Waals surface area contributed by atoms with Gasteiger partial charge in [-0.1, -0.05) is 36.4 Å². The van der Waals surface area contributed by atoms with Gasteiger partial charge in [-0.3, -0.25) is 23.5 Å². The van der Waals surface area contributed by atoms with Crippen molar-refractivity contribution in [1.29, 1.82) is 0 Å². The Kier molecular flexibility index (Phi) is 7.36. The van der Waals surface area contributed by atoms with E-state index in [1.54, 1.807) is 48.5 Å². The minimum Gasteiger partial charge on any atom is -0.496 e. The van der Waals surface area contributed by atoms with E-state index in [1.807, 2.05) is 0 Å². The third-order valence-electron chi connectivity index (χ3n) is 5.07. The molecule has 0 fully saturated rings. The molecule has 3 aromatic rings. The van der Waals surface area contributed by atoms with Gasteiger partial charge in [-0.25, -0.2) is 4.79 Å². The monoisotopic (exact) mass is 469 g/mol. The number of benzene rings is 2. The molecule has 0 spiro atoms. The first kappa shape index (κ1) is 24.1. The number of carbonyl (C=O) groups is 2. The fourth-order valence-corrected chi connectivity index (χ4v) is 3.42. The molecule has 0 aliphatic rings. The first-order valence-corrected chi connectivity index (χ1v) is 10.1. The molecule has 11 heteroatoms. The van der Waals surface area contributed by atoms with Gasteiger partial charge < -0.3 is 25.0 Å². The molecule has 1 amide bonds.